The van der Waals surface area contributed by atoms with Crippen LogP contribution in [0.15, 0.2) is 59.5 Å². The van der Waals surface area contributed by atoms with E-state index in [1.807, 2.05) is 5.32 Å². The zero-order valence-corrected chi connectivity index (χ0v) is 14.6. The van der Waals surface area contributed by atoms with Crippen molar-refractivity contribution in [3.8, 4) is 0 Å². The lowest BCUT2D eigenvalue weighted by atomic mass is 10.1. The van der Waals surface area contributed by atoms with Crippen molar-refractivity contribution in [3.63, 3.8) is 0 Å². The number of hydrogen-bond acceptors (Lipinski definition) is 4. The van der Waals surface area contributed by atoms with Crippen molar-refractivity contribution >= 4 is 29.3 Å². The molecule has 2 aromatic carbocycles. The van der Waals surface area contributed by atoms with Crippen LogP contribution in [0.2, 0.25) is 0 Å². The van der Waals surface area contributed by atoms with E-state index in [4.69, 9.17) is 0 Å². The molecule has 0 radical (unpaired) electrons. The second kappa shape index (κ2) is 7.24. The molecule has 0 saturated heterocycles. The monoisotopic (exact) mass is 396 g/mol. The third-order valence-corrected chi connectivity index (χ3v) is 5.34. The second-order valence-electron chi connectivity index (χ2n) is 5.94. The van der Waals surface area contributed by atoms with Crippen LogP contribution in [-0.2, 0) is 16.0 Å². The zero-order valence-electron chi connectivity index (χ0n) is 13.8. The van der Waals surface area contributed by atoms with Crippen LogP contribution in [0.5, 0.6) is 0 Å². The maximum atomic E-state index is 13.7. The van der Waals surface area contributed by atoms with Gasteiger partial charge in [-0.3, -0.25) is 9.59 Å². The van der Waals surface area contributed by atoms with Gasteiger partial charge in [0.05, 0.1) is 12.1 Å². The van der Waals surface area contributed by atoms with E-state index in [0.717, 1.165) is 0 Å². The first-order valence-electron chi connectivity index (χ1n) is 7.92. The number of anilines is 1. The lowest BCUT2D eigenvalue weighted by Crippen LogP contribution is -2.63. The number of carbonyl (C=O) groups is 2. The Morgan fingerprint density at radius 3 is 2.44 bits per heavy atom. The normalized spacial score (nSPS) is 22.4. The number of aliphatic hydroxyl groups is 1. The topological polar surface area (TPSA) is 78.4 Å². The standard InChI is InChI=1S/C18H15F3N2O3S/c19-18(20,21)17(26)15(23-14(24)10-11-6-2-1-3-7-11)16(25)22-12-8-4-5-9-13(12)27-17/h1-9,15,26H,10H2,(H,22,25)(H,23,24). The minimum absolute atomic E-state index is 0.0467. The lowest BCUT2D eigenvalue weighted by molar-refractivity contribution is -0.227. The first kappa shape index (κ1) is 19.2. The average molecular weight is 396 g/mol. The molecule has 2 amide bonds. The fraction of sp³-hybridized carbons (Fsp3) is 0.222. The van der Waals surface area contributed by atoms with E-state index in [1.165, 1.54) is 18.2 Å². The van der Waals surface area contributed by atoms with Gasteiger partial charge in [0.1, 0.15) is 0 Å². The number of nitrogens with one attached hydrogen (secondary N) is 2. The Kier molecular flexibility index (Phi) is 5.16. The summed E-state index contributed by atoms with van der Waals surface area (Å²) in [6.07, 6.45) is -5.40. The number of carbonyl (C=O) groups excluding carboxylic acids is 2. The molecule has 0 bridgehead atoms. The highest BCUT2D eigenvalue weighted by molar-refractivity contribution is 8.00. The van der Waals surface area contributed by atoms with Gasteiger partial charge in [0.15, 0.2) is 6.04 Å². The molecule has 1 aliphatic rings. The Hall–Kier alpha value is -2.52. The Morgan fingerprint density at radius 2 is 1.78 bits per heavy atom. The molecule has 0 aliphatic carbocycles. The van der Waals surface area contributed by atoms with Crippen LogP contribution in [-0.4, -0.2) is 34.1 Å². The van der Waals surface area contributed by atoms with Crippen LogP contribution in [0.4, 0.5) is 18.9 Å². The summed E-state index contributed by atoms with van der Waals surface area (Å²) in [5.74, 6) is -1.95. The average Bonchev–Trinajstić information content (AvgIpc) is 2.71. The smallest absolute Gasteiger partial charge is 0.369 e. The van der Waals surface area contributed by atoms with Crippen LogP contribution in [0, 0.1) is 0 Å². The highest BCUT2D eigenvalue weighted by Gasteiger charge is 2.63. The van der Waals surface area contributed by atoms with Crippen molar-refractivity contribution in [1.82, 2.24) is 5.32 Å². The molecule has 1 heterocycles. The van der Waals surface area contributed by atoms with Gasteiger partial charge in [-0.1, -0.05) is 54.2 Å². The first-order valence-corrected chi connectivity index (χ1v) is 8.73. The number of benzene rings is 2. The van der Waals surface area contributed by atoms with Gasteiger partial charge in [-0.2, -0.15) is 13.2 Å². The molecular weight excluding hydrogens is 381 g/mol. The predicted molar refractivity (Wildman–Crippen MR) is 94.0 cm³/mol. The van der Waals surface area contributed by atoms with Gasteiger partial charge in [-0.05, 0) is 17.7 Å². The molecule has 27 heavy (non-hydrogen) atoms. The molecule has 3 rings (SSSR count). The lowest BCUT2D eigenvalue weighted by Gasteiger charge is -2.34. The van der Waals surface area contributed by atoms with Gasteiger partial charge in [0.2, 0.25) is 10.8 Å². The number of rotatable bonds is 3. The van der Waals surface area contributed by atoms with Gasteiger partial charge in [0, 0.05) is 4.90 Å². The SMILES string of the molecule is O=C(Cc1ccccc1)NC1C(=O)Nc2ccccc2SC1(O)C(F)(F)F. The summed E-state index contributed by atoms with van der Waals surface area (Å²) in [5, 5.41) is 14.8. The molecule has 2 atom stereocenters. The molecule has 0 spiro atoms. The maximum Gasteiger partial charge on any atom is 0.429 e. The maximum absolute atomic E-state index is 13.7. The van der Waals surface area contributed by atoms with E-state index in [9.17, 15) is 27.9 Å². The molecule has 5 nitrogen and oxygen atoms in total. The molecule has 2 aromatic rings. The van der Waals surface area contributed by atoms with Crippen molar-refractivity contribution in [2.75, 3.05) is 5.32 Å². The molecule has 0 aromatic heterocycles. The molecule has 3 N–H and O–H groups in total. The molecule has 9 heteroatoms. The Morgan fingerprint density at radius 1 is 1.15 bits per heavy atom. The summed E-state index contributed by atoms with van der Waals surface area (Å²) in [7, 11) is 0. The highest BCUT2D eigenvalue weighted by atomic mass is 32.2. The highest BCUT2D eigenvalue weighted by Crippen LogP contribution is 2.49. The van der Waals surface area contributed by atoms with Crippen LogP contribution >= 0.6 is 11.8 Å². The largest absolute Gasteiger partial charge is 0.429 e. The number of para-hydroxylation sites is 1. The van der Waals surface area contributed by atoms with Crippen LogP contribution in [0.25, 0.3) is 0 Å². The Labute approximate surface area is 157 Å². The van der Waals surface area contributed by atoms with Crippen molar-refractivity contribution in [1.29, 1.82) is 0 Å². The van der Waals surface area contributed by atoms with Gasteiger partial charge >= 0.3 is 6.18 Å². The van der Waals surface area contributed by atoms with E-state index in [2.05, 4.69) is 5.32 Å². The zero-order chi connectivity index (χ0) is 19.7. The number of fused-ring (bicyclic) bond motifs is 1. The summed E-state index contributed by atoms with van der Waals surface area (Å²) in [4.78, 5) is 21.2. The number of thioether (sulfide) groups is 1. The number of amides is 2. The van der Waals surface area contributed by atoms with Gasteiger partial charge in [-0.15, -0.1) is 0 Å². The van der Waals surface area contributed by atoms with E-state index >= 15 is 0 Å². The van der Waals surface area contributed by atoms with Gasteiger partial charge < -0.3 is 15.7 Å². The summed E-state index contributed by atoms with van der Waals surface area (Å²) < 4.78 is 41.1. The third-order valence-electron chi connectivity index (χ3n) is 3.98. The summed E-state index contributed by atoms with van der Waals surface area (Å²) >= 11 is 0.0797. The minimum atomic E-state index is -5.17. The molecular formula is C18H15F3N2O3S. The van der Waals surface area contributed by atoms with Crippen LogP contribution in [0.1, 0.15) is 5.56 Å². The van der Waals surface area contributed by atoms with Crippen molar-refractivity contribution in [2.24, 2.45) is 0 Å². The second-order valence-corrected chi connectivity index (χ2v) is 7.21. The van der Waals surface area contributed by atoms with Gasteiger partial charge in [-0.25, -0.2) is 0 Å². The fourth-order valence-corrected chi connectivity index (χ4v) is 3.76. The van der Waals surface area contributed by atoms with Crippen molar-refractivity contribution in [2.45, 2.75) is 28.5 Å². The number of alkyl halides is 3. The van der Waals surface area contributed by atoms with Crippen LogP contribution < -0.4 is 10.6 Å². The van der Waals surface area contributed by atoms with E-state index in [0.29, 0.717) is 5.56 Å². The molecule has 0 saturated carbocycles. The molecule has 142 valence electrons. The first-order chi connectivity index (χ1) is 12.7. The van der Waals surface area contributed by atoms with Crippen molar-refractivity contribution in [3.05, 3.63) is 60.2 Å². The molecule has 2 unspecified atom stereocenters. The summed E-state index contributed by atoms with van der Waals surface area (Å²) in [6, 6.07) is 11.9. The number of hydrogen-bond donors (Lipinski definition) is 3. The Bertz CT molecular complexity index is 860. The summed E-state index contributed by atoms with van der Waals surface area (Å²) in [6.45, 7) is 0. The molecule has 0 fully saturated rings. The quantitative estimate of drug-likeness (QED) is 0.746. The van der Waals surface area contributed by atoms with Crippen molar-refractivity contribution < 1.29 is 27.9 Å². The fourth-order valence-electron chi connectivity index (χ4n) is 2.65. The minimum Gasteiger partial charge on any atom is -0.369 e. The van der Waals surface area contributed by atoms with E-state index in [-0.39, 0.29) is 28.8 Å². The summed E-state index contributed by atoms with van der Waals surface area (Å²) in [5.41, 5.74) is 0.700. The molecule has 1 aliphatic heterocycles. The van der Waals surface area contributed by atoms with E-state index in [1.54, 1.807) is 36.4 Å². The predicted octanol–water partition coefficient (Wildman–Crippen LogP) is 2.71. The third kappa shape index (κ3) is 3.93. The number of halogens is 3. The Balaban J connectivity index is 1.91. The van der Waals surface area contributed by atoms with Crippen LogP contribution in [0.3, 0.4) is 0 Å². The van der Waals surface area contributed by atoms with Gasteiger partial charge in [0.25, 0.3) is 5.91 Å². The van der Waals surface area contributed by atoms with E-state index < -0.39 is 29.0 Å².